The minimum Gasteiger partial charge on any atom is -0.357 e. The quantitative estimate of drug-likeness (QED) is 0.163. The van der Waals surface area contributed by atoms with Crippen LogP contribution in [0.5, 0.6) is 0 Å². The van der Waals surface area contributed by atoms with Crippen LogP contribution < -0.4 is 15.5 Å². The van der Waals surface area contributed by atoms with Gasteiger partial charge in [-0.3, -0.25) is 0 Å². The van der Waals surface area contributed by atoms with Gasteiger partial charge in [0.1, 0.15) is 22.7 Å². The van der Waals surface area contributed by atoms with Crippen molar-refractivity contribution in [3.8, 4) is 0 Å². The van der Waals surface area contributed by atoms with E-state index in [1.165, 1.54) is 5.56 Å². The average Bonchev–Trinajstić information content (AvgIpc) is 3.86. The zero-order valence-electron chi connectivity index (χ0n) is 26.2. The number of halogens is 2. The van der Waals surface area contributed by atoms with E-state index < -0.39 is 0 Å². The summed E-state index contributed by atoms with van der Waals surface area (Å²) in [5.74, 6) is 0.983. The van der Waals surface area contributed by atoms with Crippen molar-refractivity contribution in [2.45, 2.75) is 88.9 Å². The van der Waals surface area contributed by atoms with Crippen molar-refractivity contribution in [1.29, 1.82) is 0 Å². The third-order valence-corrected chi connectivity index (χ3v) is 10.2. The predicted molar refractivity (Wildman–Crippen MR) is 174 cm³/mol. The molecule has 0 aliphatic carbocycles. The molecule has 3 aromatic carbocycles. The summed E-state index contributed by atoms with van der Waals surface area (Å²) in [6, 6.07) is 15.9. The molecule has 7 nitrogen and oxygen atoms in total. The summed E-state index contributed by atoms with van der Waals surface area (Å²) in [5.41, 5.74) is 5.51. The van der Waals surface area contributed by atoms with Gasteiger partial charge in [-0.15, -0.1) is 0 Å². The number of imidazole rings is 2. The topological polar surface area (TPSA) is 84.7 Å². The number of benzene rings is 3. The number of anilines is 1. The average molecular weight is 610 g/mol. The molecule has 5 aromatic rings. The molecule has 3 aliphatic heterocycles. The van der Waals surface area contributed by atoms with Gasteiger partial charge in [-0.2, -0.15) is 0 Å². The Bertz CT molecular complexity index is 1750. The van der Waals surface area contributed by atoms with E-state index in [1.807, 2.05) is 24.3 Å². The Hall–Kier alpha value is -3.82. The van der Waals surface area contributed by atoms with Crippen molar-refractivity contribution in [2.24, 2.45) is 0 Å². The highest BCUT2D eigenvalue weighted by molar-refractivity contribution is 5.79. The zero-order valence-corrected chi connectivity index (χ0v) is 26.2. The van der Waals surface area contributed by atoms with Crippen molar-refractivity contribution in [3.63, 3.8) is 0 Å². The number of aromatic amines is 2. The fourth-order valence-electron chi connectivity index (χ4n) is 7.75. The molecule has 0 amide bonds. The highest BCUT2D eigenvalue weighted by Crippen LogP contribution is 2.49. The Morgan fingerprint density at radius 2 is 1.16 bits per heavy atom. The van der Waals surface area contributed by atoms with Crippen molar-refractivity contribution in [2.75, 3.05) is 18.0 Å². The number of nitrogens with one attached hydrogen (secondary N) is 4. The Labute approximate surface area is 262 Å². The maximum Gasteiger partial charge on any atom is 0.156 e. The van der Waals surface area contributed by atoms with Crippen LogP contribution in [0.15, 0.2) is 48.5 Å². The smallest absolute Gasteiger partial charge is 0.156 e. The fourth-order valence-corrected chi connectivity index (χ4v) is 7.75. The predicted octanol–water partition coefficient (Wildman–Crippen LogP) is 7.95. The molecule has 0 spiro atoms. The molecule has 0 bridgehead atoms. The molecule has 2 aromatic heterocycles. The van der Waals surface area contributed by atoms with Gasteiger partial charge in [0.2, 0.25) is 0 Å². The summed E-state index contributed by atoms with van der Waals surface area (Å²) in [5, 5.41) is 6.91. The van der Waals surface area contributed by atoms with Crippen molar-refractivity contribution < 1.29 is 8.78 Å². The zero-order chi connectivity index (χ0) is 30.9. The largest absolute Gasteiger partial charge is 0.357 e. The summed E-state index contributed by atoms with van der Waals surface area (Å²) >= 11 is 0. The van der Waals surface area contributed by atoms with Gasteiger partial charge in [-0.25, -0.2) is 18.7 Å². The first kappa shape index (κ1) is 28.6. The van der Waals surface area contributed by atoms with Crippen molar-refractivity contribution in [1.82, 2.24) is 30.6 Å². The van der Waals surface area contributed by atoms with E-state index in [4.69, 9.17) is 9.97 Å². The monoisotopic (exact) mass is 609 g/mol. The second-order valence-corrected chi connectivity index (χ2v) is 14.1. The van der Waals surface area contributed by atoms with E-state index in [2.05, 4.69) is 70.5 Å². The van der Waals surface area contributed by atoms with Crippen LogP contribution in [0.4, 0.5) is 14.5 Å². The Kier molecular flexibility index (Phi) is 6.95. The number of nitrogens with zero attached hydrogens (tertiary/aromatic N) is 3. The van der Waals surface area contributed by atoms with Crippen LogP contribution in [0.3, 0.4) is 0 Å². The molecule has 8 rings (SSSR count). The lowest BCUT2D eigenvalue weighted by Gasteiger charge is -2.34. The van der Waals surface area contributed by atoms with Gasteiger partial charge in [-0.05, 0) is 86.9 Å². The molecule has 0 saturated carbocycles. The lowest BCUT2D eigenvalue weighted by atomic mass is 9.87. The summed E-state index contributed by atoms with van der Waals surface area (Å²) in [6.45, 7) is 8.47. The van der Waals surface area contributed by atoms with E-state index in [1.54, 1.807) is 0 Å². The van der Waals surface area contributed by atoms with Gasteiger partial charge in [0, 0.05) is 16.8 Å². The minimum atomic E-state index is -0.299. The van der Waals surface area contributed by atoms with E-state index in [9.17, 15) is 0 Å². The minimum absolute atomic E-state index is 0.00566. The lowest BCUT2D eigenvalue weighted by molar-refractivity contribution is 0.567. The Morgan fingerprint density at radius 1 is 0.667 bits per heavy atom. The van der Waals surface area contributed by atoms with Gasteiger partial charge in [0.15, 0.2) is 11.6 Å². The first-order valence-electron chi connectivity index (χ1n) is 16.5. The van der Waals surface area contributed by atoms with Crippen LogP contribution in [-0.2, 0) is 5.41 Å². The maximum absolute atomic E-state index is 16.5. The first-order valence-corrected chi connectivity index (χ1v) is 16.5. The van der Waals surface area contributed by atoms with Crippen LogP contribution in [0.1, 0.15) is 112 Å². The third kappa shape index (κ3) is 4.91. The van der Waals surface area contributed by atoms with Crippen molar-refractivity contribution in [3.05, 3.63) is 88.5 Å². The van der Waals surface area contributed by atoms with Gasteiger partial charge < -0.3 is 25.5 Å². The number of rotatable bonds is 5. The van der Waals surface area contributed by atoms with Crippen LogP contribution in [-0.4, -0.2) is 33.0 Å². The number of hydrogen-bond acceptors (Lipinski definition) is 5. The van der Waals surface area contributed by atoms with Crippen molar-refractivity contribution >= 4 is 27.8 Å². The van der Waals surface area contributed by atoms with E-state index in [-0.39, 0.29) is 41.2 Å². The Morgan fingerprint density at radius 3 is 1.58 bits per heavy atom. The summed E-state index contributed by atoms with van der Waals surface area (Å²) in [6.07, 6.45) is 5.52. The molecule has 0 radical (unpaired) electrons. The molecule has 9 heteroatoms. The summed E-state index contributed by atoms with van der Waals surface area (Å²) in [7, 11) is 0. The Balaban J connectivity index is 1.21. The second kappa shape index (κ2) is 10.9. The molecule has 234 valence electrons. The number of fused-ring (bicyclic) bond motifs is 2. The van der Waals surface area contributed by atoms with E-state index >= 15 is 8.78 Å². The van der Waals surface area contributed by atoms with Gasteiger partial charge in [-0.1, -0.05) is 45.0 Å². The molecule has 3 fully saturated rings. The van der Waals surface area contributed by atoms with Crippen LogP contribution in [0, 0.1) is 11.6 Å². The third-order valence-electron chi connectivity index (χ3n) is 10.2. The molecule has 4 atom stereocenters. The molecule has 4 N–H and O–H groups in total. The molecule has 0 unspecified atom stereocenters. The molecular weight excluding hydrogens is 568 g/mol. The fraction of sp³-hybridized carbons (Fsp3) is 0.444. The molecule has 45 heavy (non-hydrogen) atoms. The van der Waals surface area contributed by atoms with Crippen LogP contribution >= 0.6 is 0 Å². The summed E-state index contributed by atoms with van der Waals surface area (Å²) < 4.78 is 32.9. The highest BCUT2D eigenvalue weighted by Gasteiger charge is 2.39. The normalized spacial score (nSPS) is 24.1. The molecule has 5 heterocycles. The van der Waals surface area contributed by atoms with Crippen LogP contribution in [0.25, 0.3) is 22.1 Å². The van der Waals surface area contributed by atoms with Gasteiger partial charge >= 0.3 is 0 Å². The number of hydrogen-bond donors (Lipinski definition) is 4. The molecule has 3 aliphatic rings. The standard InChI is InChI=1S/C36H41F2N7/c1-36(2,3)20-8-10-21(11-9-20)45-28(22-12-14-24-32(30(22)37)43-34(41-24)26-6-4-18-39-26)16-17-29(45)23-13-15-25-33(31(23)38)44-35(42-25)27-7-5-19-40-27/h8-15,26-29,39-40H,4-7,16-19H2,1-3H3,(H,41,43)(H,42,44)/t26-,27-,28+,29+/m0/s1. The lowest BCUT2D eigenvalue weighted by Crippen LogP contribution is -2.27. The molecule has 3 saturated heterocycles. The molecular formula is C36H41F2N7. The van der Waals surface area contributed by atoms with Gasteiger partial charge in [0.25, 0.3) is 0 Å². The van der Waals surface area contributed by atoms with Gasteiger partial charge in [0.05, 0.1) is 35.2 Å². The highest BCUT2D eigenvalue weighted by atomic mass is 19.1. The SMILES string of the molecule is CC(C)(C)c1ccc(N2[C@@H](c3ccc4[nH]c([C@@H]5CCCN5)nc4c3F)CC[C@@H]2c2ccc3[nH]c([C@@H]4CCCN4)nc3c2F)cc1. The van der Waals surface area contributed by atoms with E-state index in [0.29, 0.717) is 46.0 Å². The first-order chi connectivity index (χ1) is 21.8. The number of H-pyrrole nitrogens is 2. The van der Waals surface area contributed by atoms with E-state index in [0.717, 1.165) is 56.1 Å². The number of aromatic nitrogens is 4. The maximum atomic E-state index is 16.5. The summed E-state index contributed by atoms with van der Waals surface area (Å²) in [4.78, 5) is 18.4. The van der Waals surface area contributed by atoms with Crippen LogP contribution in [0.2, 0.25) is 0 Å². The second-order valence-electron chi connectivity index (χ2n) is 14.1.